The Morgan fingerprint density at radius 2 is 1.57 bits per heavy atom. The number of aromatic carboxylic acids is 1. The molecule has 0 aliphatic carbocycles. The molecular weight excluding hydrogens is 376 g/mol. The molecule has 3 aromatic rings. The second-order valence-corrected chi connectivity index (χ2v) is 7.36. The maximum absolute atomic E-state index is 12.9. The number of anilines is 1. The zero-order chi connectivity index (χ0) is 20.9. The van der Waals surface area contributed by atoms with Crippen LogP contribution in [0.1, 0.15) is 31.8 Å². The second kappa shape index (κ2) is 8.82. The summed E-state index contributed by atoms with van der Waals surface area (Å²) >= 11 is 0. The summed E-state index contributed by atoms with van der Waals surface area (Å²) in [5.41, 5.74) is 3.69. The Labute approximate surface area is 176 Å². The van der Waals surface area contributed by atoms with Crippen LogP contribution in [0.5, 0.6) is 0 Å². The molecular formula is C25H23N2O3. The molecule has 0 unspecified atom stereocenters. The second-order valence-electron chi connectivity index (χ2n) is 7.36. The zero-order valence-electron chi connectivity index (χ0n) is 16.6. The van der Waals surface area contributed by atoms with Gasteiger partial charge in [-0.05, 0) is 53.9 Å². The zero-order valence-corrected chi connectivity index (χ0v) is 16.6. The predicted molar refractivity (Wildman–Crippen MR) is 116 cm³/mol. The summed E-state index contributed by atoms with van der Waals surface area (Å²) in [5, 5.41) is 9.33. The van der Waals surface area contributed by atoms with Crippen molar-refractivity contribution in [2.75, 3.05) is 31.1 Å². The number of amides is 1. The Hall–Kier alpha value is -3.60. The first-order chi connectivity index (χ1) is 14.6. The monoisotopic (exact) mass is 399 g/mol. The molecule has 1 aliphatic rings. The Kier molecular flexibility index (Phi) is 5.80. The SMILES string of the molecule is O=C(O)c1ccccc1Cc1c[c]c(C(=O)N2CCN(c3ccccc3)CC2)cc1. The van der Waals surface area contributed by atoms with E-state index in [4.69, 9.17) is 0 Å². The topological polar surface area (TPSA) is 60.9 Å². The van der Waals surface area contributed by atoms with Gasteiger partial charge in [0.1, 0.15) is 0 Å². The number of carboxylic acids is 1. The largest absolute Gasteiger partial charge is 0.478 e. The van der Waals surface area contributed by atoms with Gasteiger partial charge in [-0.15, -0.1) is 0 Å². The number of carbonyl (C=O) groups is 2. The van der Waals surface area contributed by atoms with Crippen molar-refractivity contribution in [2.24, 2.45) is 0 Å². The molecule has 1 fully saturated rings. The van der Waals surface area contributed by atoms with Gasteiger partial charge in [0.05, 0.1) is 5.56 Å². The van der Waals surface area contributed by atoms with Crippen LogP contribution in [0.15, 0.2) is 72.8 Å². The molecule has 3 aromatic carbocycles. The molecule has 1 aliphatic heterocycles. The summed E-state index contributed by atoms with van der Waals surface area (Å²) in [6.07, 6.45) is 0.489. The van der Waals surface area contributed by atoms with E-state index in [-0.39, 0.29) is 5.91 Å². The number of hydrogen-bond donors (Lipinski definition) is 1. The van der Waals surface area contributed by atoms with Crippen LogP contribution in [-0.2, 0) is 6.42 Å². The minimum absolute atomic E-state index is 0.0137. The fourth-order valence-electron chi connectivity index (χ4n) is 3.78. The van der Waals surface area contributed by atoms with Gasteiger partial charge in [0, 0.05) is 37.4 Å². The van der Waals surface area contributed by atoms with Crippen LogP contribution in [0.4, 0.5) is 5.69 Å². The van der Waals surface area contributed by atoms with Crippen molar-refractivity contribution in [1.82, 2.24) is 4.90 Å². The standard InChI is InChI=1S/C25H23N2O3/c28-24(27-16-14-26(15-17-27)22-7-2-1-3-8-22)20-12-10-19(11-13-20)18-21-6-4-5-9-23(21)25(29)30/h1-12H,14-18H2,(H,29,30). The summed E-state index contributed by atoms with van der Waals surface area (Å²) in [6.45, 7) is 2.96. The third kappa shape index (κ3) is 4.35. The summed E-state index contributed by atoms with van der Waals surface area (Å²) in [7, 11) is 0. The average molecular weight is 399 g/mol. The van der Waals surface area contributed by atoms with Gasteiger partial charge in [0.2, 0.25) is 0 Å². The van der Waals surface area contributed by atoms with E-state index in [2.05, 4.69) is 23.1 Å². The van der Waals surface area contributed by atoms with Crippen molar-refractivity contribution < 1.29 is 14.7 Å². The quantitative estimate of drug-likeness (QED) is 0.710. The van der Waals surface area contributed by atoms with E-state index >= 15 is 0 Å². The molecule has 0 aromatic heterocycles. The normalized spacial score (nSPS) is 13.9. The van der Waals surface area contributed by atoms with Crippen molar-refractivity contribution in [3.63, 3.8) is 0 Å². The van der Waals surface area contributed by atoms with E-state index in [1.807, 2.05) is 41.3 Å². The lowest BCUT2D eigenvalue weighted by Gasteiger charge is -2.36. The molecule has 0 atom stereocenters. The van der Waals surface area contributed by atoms with Gasteiger partial charge in [0.25, 0.3) is 5.91 Å². The Bertz CT molecular complexity index is 1020. The van der Waals surface area contributed by atoms with Gasteiger partial charge in [0.15, 0.2) is 0 Å². The van der Waals surface area contributed by atoms with E-state index in [9.17, 15) is 14.7 Å². The molecule has 1 heterocycles. The van der Waals surface area contributed by atoms with Gasteiger partial charge in [-0.25, -0.2) is 4.79 Å². The molecule has 151 valence electrons. The maximum atomic E-state index is 12.9. The highest BCUT2D eigenvalue weighted by Gasteiger charge is 2.22. The number of rotatable bonds is 5. The Morgan fingerprint density at radius 3 is 2.23 bits per heavy atom. The average Bonchev–Trinajstić information content (AvgIpc) is 2.80. The smallest absolute Gasteiger partial charge is 0.335 e. The first-order valence-corrected chi connectivity index (χ1v) is 10.0. The minimum atomic E-state index is -0.934. The molecule has 1 saturated heterocycles. The molecule has 0 spiro atoms. The first-order valence-electron chi connectivity index (χ1n) is 10.0. The first kappa shape index (κ1) is 19.7. The van der Waals surface area contributed by atoms with E-state index in [1.54, 1.807) is 24.3 Å². The van der Waals surface area contributed by atoms with Crippen LogP contribution in [-0.4, -0.2) is 48.1 Å². The fourth-order valence-corrected chi connectivity index (χ4v) is 3.78. The van der Waals surface area contributed by atoms with Crippen LogP contribution >= 0.6 is 0 Å². The lowest BCUT2D eigenvalue weighted by atomic mass is 9.99. The summed E-state index contributed by atoms with van der Waals surface area (Å²) in [6, 6.07) is 25.7. The number of nitrogens with zero attached hydrogens (tertiary/aromatic N) is 2. The van der Waals surface area contributed by atoms with Crippen LogP contribution in [0.25, 0.3) is 0 Å². The van der Waals surface area contributed by atoms with Gasteiger partial charge in [-0.3, -0.25) is 4.79 Å². The van der Waals surface area contributed by atoms with Gasteiger partial charge in [-0.2, -0.15) is 0 Å². The number of para-hydroxylation sites is 1. The minimum Gasteiger partial charge on any atom is -0.478 e. The Balaban J connectivity index is 1.39. The molecule has 5 nitrogen and oxygen atoms in total. The highest BCUT2D eigenvalue weighted by atomic mass is 16.4. The number of carboxylic acid groups (broad SMARTS) is 1. The van der Waals surface area contributed by atoms with Crippen LogP contribution < -0.4 is 4.90 Å². The number of benzene rings is 3. The molecule has 1 amide bonds. The van der Waals surface area contributed by atoms with E-state index < -0.39 is 5.97 Å². The van der Waals surface area contributed by atoms with Gasteiger partial charge < -0.3 is 14.9 Å². The van der Waals surface area contributed by atoms with Crippen molar-refractivity contribution in [1.29, 1.82) is 0 Å². The molecule has 1 radical (unpaired) electrons. The fraction of sp³-hybridized carbons (Fsp3) is 0.200. The van der Waals surface area contributed by atoms with Crippen LogP contribution in [0.2, 0.25) is 0 Å². The van der Waals surface area contributed by atoms with Crippen LogP contribution in [0, 0.1) is 6.07 Å². The molecule has 30 heavy (non-hydrogen) atoms. The lowest BCUT2D eigenvalue weighted by molar-refractivity contribution is 0.0694. The summed E-state index contributed by atoms with van der Waals surface area (Å²) in [4.78, 5) is 28.4. The van der Waals surface area contributed by atoms with Crippen molar-refractivity contribution in [3.05, 3.63) is 101 Å². The summed E-state index contributed by atoms with van der Waals surface area (Å²) in [5.74, 6) is -0.948. The highest BCUT2D eigenvalue weighted by Crippen LogP contribution is 2.18. The van der Waals surface area contributed by atoms with Gasteiger partial charge >= 0.3 is 5.97 Å². The third-order valence-electron chi connectivity index (χ3n) is 5.44. The summed E-state index contributed by atoms with van der Waals surface area (Å²) < 4.78 is 0. The van der Waals surface area contributed by atoms with E-state index in [0.29, 0.717) is 30.6 Å². The van der Waals surface area contributed by atoms with Gasteiger partial charge in [-0.1, -0.05) is 42.5 Å². The maximum Gasteiger partial charge on any atom is 0.335 e. The molecule has 1 N–H and O–H groups in total. The molecule has 4 rings (SSSR count). The van der Waals surface area contributed by atoms with E-state index in [1.165, 1.54) is 5.69 Å². The van der Waals surface area contributed by atoms with Crippen LogP contribution in [0.3, 0.4) is 0 Å². The highest BCUT2D eigenvalue weighted by molar-refractivity contribution is 5.94. The molecule has 0 bridgehead atoms. The third-order valence-corrected chi connectivity index (χ3v) is 5.44. The molecule has 0 saturated carbocycles. The molecule has 5 heteroatoms. The number of piperazine rings is 1. The van der Waals surface area contributed by atoms with Crippen molar-refractivity contribution >= 4 is 17.6 Å². The predicted octanol–water partition coefficient (Wildman–Crippen LogP) is 3.74. The Morgan fingerprint density at radius 1 is 0.867 bits per heavy atom. The number of hydrogen-bond acceptors (Lipinski definition) is 3. The van der Waals surface area contributed by atoms with Crippen molar-refractivity contribution in [3.8, 4) is 0 Å². The van der Waals surface area contributed by atoms with Crippen molar-refractivity contribution in [2.45, 2.75) is 6.42 Å². The lowest BCUT2D eigenvalue weighted by Crippen LogP contribution is -2.48. The van der Waals surface area contributed by atoms with E-state index in [0.717, 1.165) is 24.2 Å². The number of carbonyl (C=O) groups excluding carboxylic acids is 1.